The van der Waals surface area contributed by atoms with Gasteiger partial charge in [0.25, 0.3) is 0 Å². The van der Waals surface area contributed by atoms with Gasteiger partial charge >= 0.3 is 12.1 Å². The SMILES string of the molecule is Cc1ccc([Si](C)(C)[C@H](CC(=O)N2C(=O)OC[C@@H]2Cc2ccccc2)[C@H](CC(=O)OC(C)(C)C)[Si](C)(C)c2ccc(C)cc2)cc1. The number of amides is 2. The number of benzene rings is 3. The summed E-state index contributed by atoms with van der Waals surface area (Å²) in [5.41, 5.74) is 2.49. The Hall–Kier alpha value is -3.50. The van der Waals surface area contributed by atoms with Gasteiger partial charge in [-0.25, -0.2) is 9.69 Å². The molecule has 0 N–H and O–H groups in total. The lowest BCUT2D eigenvalue weighted by atomic mass is 10.0. The summed E-state index contributed by atoms with van der Waals surface area (Å²) < 4.78 is 11.4. The van der Waals surface area contributed by atoms with Crippen LogP contribution in [0.15, 0.2) is 78.9 Å². The summed E-state index contributed by atoms with van der Waals surface area (Å²) in [4.78, 5) is 42.7. The molecule has 6 nitrogen and oxygen atoms in total. The van der Waals surface area contributed by atoms with Gasteiger partial charge in [-0.15, -0.1) is 0 Å². The summed E-state index contributed by atoms with van der Waals surface area (Å²) in [6.07, 6.45) is 0.316. The topological polar surface area (TPSA) is 72.9 Å². The van der Waals surface area contributed by atoms with E-state index in [1.807, 2.05) is 51.1 Å². The lowest BCUT2D eigenvalue weighted by Crippen LogP contribution is -2.57. The first-order chi connectivity index (χ1) is 21.5. The third-order valence-corrected chi connectivity index (χ3v) is 18.6. The van der Waals surface area contributed by atoms with E-state index in [0.717, 1.165) is 5.56 Å². The van der Waals surface area contributed by atoms with Gasteiger partial charge in [-0.05, 0) is 57.7 Å². The average Bonchev–Trinajstić information content (AvgIpc) is 3.34. The first-order valence-electron chi connectivity index (χ1n) is 16.4. The molecule has 3 aromatic rings. The van der Waals surface area contributed by atoms with E-state index in [1.54, 1.807) is 0 Å². The number of aryl methyl sites for hydroxylation is 2. The number of carbonyl (C=O) groups excluding carboxylic acids is 3. The molecule has 4 rings (SSSR count). The molecule has 1 aliphatic heterocycles. The second-order valence-electron chi connectivity index (χ2n) is 15.1. The molecule has 1 heterocycles. The summed E-state index contributed by atoms with van der Waals surface area (Å²) in [5, 5.41) is 2.46. The summed E-state index contributed by atoms with van der Waals surface area (Å²) in [6, 6.07) is 26.8. The molecule has 1 saturated heterocycles. The molecule has 0 radical (unpaired) electrons. The Kier molecular flexibility index (Phi) is 10.8. The Morgan fingerprint density at radius 1 is 0.804 bits per heavy atom. The standard InChI is InChI=1S/C38H51NO5Si2/c1-27-15-19-31(20-16-27)45(6,7)33(24-35(40)39-30(26-43-37(39)42)23-29-13-11-10-12-14-29)34(25-36(41)44-38(3,4)5)46(8,9)32-21-17-28(2)18-22-32/h10-22,30,33-34H,23-26H2,1-9H3/t30-,33+,34-/m0/s1. The van der Waals surface area contributed by atoms with Gasteiger partial charge in [0, 0.05) is 12.8 Å². The number of nitrogens with zero attached hydrogens (tertiary/aromatic N) is 1. The van der Waals surface area contributed by atoms with Gasteiger partial charge < -0.3 is 9.47 Å². The van der Waals surface area contributed by atoms with Crippen molar-refractivity contribution in [3.05, 3.63) is 95.6 Å². The fraction of sp³-hybridized carbons (Fsp3) is 0.447. The molecule has 0 saturated carbocycles. The summed E-state index contributed by atoms with van der Waals surface area (Å²) in [7, 11) is -4.92. The lowest BCUT2D eigenvalue weighted by Gasteiger charge is -2.45. The van der Waals surface area contributed by atoms with E-state index in [1.165, 1.54) is 26.4 Å². The number of esters is 1. The first kappa shape index (κ1) is 35.4. The van der Waals surface area contributed by atoms with Crippen molar-refractivity contribution in [3.63, 3.8) is 0 Å². The van der Waals surface area contributed by atoms with Gasteiger partial charge in [0.2, 0.25) is 5.91 Å². The highest BCUT2D eigenvalue weighted by atomic mass is 28.3. The van der Waals surface area contributed by atoms with Crippen LogP contribution in [0.25, 0.3) is 0 Å². The van der Waals surface area contributed by atoms with Gasteiger partial charge in [0.05, 0.1) is 22.2 Å². The van der Waals surface area contributed by atoms with Gasteiger partial charge in [-0.1, -0.05) is 127 Å². The second-order valence-corrected chi connectivity index (χ2v) is 24.6. The molecule has 3 atom stereocenters. The van der Waals surface area contributed by atoms with Crippen molar-refractivity contribution in [2.75, 3.05) is 6.61 Å². The molecule has 0 spiro atoms. The third-order valence-electron chi connectivity index (χ3n) is 9.68. The molecule has 8 heteroatoms. The van der Waals surface area contributed by atoms with Crippen LogP contribution in [0.2, 0.25) is 37.3 Å². The Morgan fingerprint density at radius 3 is 1.76 bits per heavy atom. The van der Waals surface area contributed by atoms with Crippen molar-refractivity contribution in [2.45, 2.75) is 103 Å². The molecule has 1 fully saturated rings. The van der Waals surface area contributed by atoms with Gasteiger partial charge in [-0.3, -0.25) is 9.59 Å². The fourth-order valence-electron chi connectivity index (χ4n) is 6.85. The van der Waals surface area contributed by atoms with Crippen LogP contribution in [0.5, 0.6) is 0 Å². The lowest BCUT2D eigenvalue weighted by molar-refractivity contribution is -0.155. The van der Waals surface area contributed by atoms with Crippen molar-refractivity contribution in [2.24, 2.45) is 0 Å². The molecular formula is C38H51NO5Si2. The van der Waals surface area contributed by atoms with Crippen LogP contribution in [-0.4, -0.2) is 57.3 Å². The normalized spacial score (nSPS) is 16.9. The van der Waals surface area contributed by atoms with Crippen LogP contribution >= 0.6 is 0 Å². The minimum absolute atomic E-state index is 0.122. The van der Waals surface area contributed by atoms with E-state index in [2.05, 4.69) is 88.6 Å². The molecule has 1 aliphatic rings. The largest absolute Gasteiger partial charge is 0.460 e. The highest BCUT2D eigenvalue weighted by Crippen LogP contribution is 2.46. The van der Waals surface area contributed by atoms with Crippen LogP contribution < -0.4 is 10.4 Å². The minimum Gasteiger partial charge on any atom is -0.460 e. The summed E-state index contributed by atoms with van der Waals surface area (Å²) in [6.45, 7) is 19.2. The molecule has 0 aromatic heterocycles. The predicted molar refractivity (Wildman–Crippen MR) is 191 cm³/mol. The van der Waals surface area contributed by atoms with Crippen molar-refractivity contribution in [3.8, 4) is 0 Å². The number of hydrogen-bond acceptors (Lipinski definition) is 5. The van der Waals surface area contributed by atoms with Crippen molar-refractivity contribution >= 4 is 44.5 Å². The molecule has 246 valence electrons. The quantitative estimate of drug-likeness (QED) is 0.160. The highest BCUT2D eigenvalue weighted by molar-refractivity contribution is 6.96. The smallest absolute Gasteiger partial charge is 0.416 e. The van der Waals surface area contributed by atoms with Crippen LogP contribution in [-0.2, 0) is 25.5 Å². The first-order valence-corrected chi connectivity index (χ1v) is 22.5. The number of imide groups is 1. The maximum atomic E-state index is 14.5. The van der Waals surface area contributed by atoms with E-state index in [9.17, 15) is 14.4 Å². The molecule has 46 heavy (non-hydrogen) atoms. The minimum atomic E-state index is -2.48. The third kappa shape index (κ3) is 8.45. The Balaban J connectivity index is 1.81. The Bertz CT molecular complexity index is 1510. The fourth-order valence-corrected chi connectivity index (χ4v) is 15.9. The average molecular weight is 658 g/mol. The number of rotatable bonds is 11. The predicted octanol–water partition coefficient (Wildman–Crippen LogP) is 7.29. The highest BCUT2D eigenvalue weighted by Gasteiger charge is 2.50. The van der Waals surface area contributed by atoms with E-state index < -0.39 is 27.8 Å². The van der Waals surface area contributed by atoms with Crippen LogP contribution in [0.4, 0.5) is 4.79 Å². The maximum absolute atomic E-state index is 14.5. The summed E-state index contributed by atoms with van der Waals surface area (Å²) >= 11 is 0. The van der Waals surface area contributed by atoms with Crippen LogP contribution in [0, 0.1) is 13.8 Å². The van der Waals surface area contributed by atoms with Crippen molar-refractivity contribution < 1.29 is 23.9 Å². The van der Waals surface area contributed by atoms with E-state index in [0.29, 0.717) is 6.42 Å². The van der Waals surface area contributed by atoms with E-state index >= 15 is 0 Å². The van der Waals surface area contributed by atoms with Gasteiger partial charge in [0.15, 0.2) is 0 Å². The van der Waals surface area contributed by atoms with Crippen molar-refractivity contribution in [1.29, 1.82) is 0 Å². The summed E-state index contributed by atoms with van der Waals surface area (Å²) in [5.74, 6) is -0.483. The van der Waals surface area contributed by atoms with Crippen LogP contribution in [0.1, 0.15) is 50.3 Å². The zero-order chi connectivity index (χ0) is 33.9. The van der Waals surface area contributed by atoms with E-state index in [-0.39, 0.29) is 48.4 Å². The number of cyclic esters (lactones) is 1. The van der Waals surface area contributed by atoms with Crippen LogP contribution in [0.3, 0.4) is 0 Å². The van der Waals surface area contributed by atoms with Gasteiger partial charge in [-0.2, -0.15) is 0 Å². The number of ether oxygens (including phenoxy) is 2. The maximum Gasteiger partial charge on any atom is 0.416 e. The molecule has 0 bridgehead atoms. The van der Waals surface area contributed by atoms with Crippen molar-refractivity contribution in [1.82, 2.24) is 4.90 Å². The number of carbonyl (C=O) groups is 3. The molecule has 3 aromatic carbocycles. The van der Waals surface area contributed by atoms with Gasteiger partial charge in [0.1, 0.15) is 12.2 Å². The molecule has 0 unspecified atom stereocenters. The monoisotopic (exact) mass is 657 g/mol. The molecule has 2 amide bonds. The molecule has 0 aliphatic carbocycles. The van der Waals surface area contributed by atoms with E-state index in [4.69, 9.17) is 9.47 Å². The second kappa shape index (κ2) is 14.1. The Labute approximate surface area is 277 Å². The Morgan fingerprint density at radius 2 is 1.28 bits per heavy atom. The zero-order valence-corrected chi connectivity index (χ0v) is 31.1. The number of hydrogen-bond donors (Lipinski definition) is 0. The molecular weight excluding hydrogens is 607 g/mol. The zero-order valence-electron chi connectivity index (χ0n) is 29.1.